The molecule has 0 aliphatic carbocycles. The molecule has 0 aliphatic rings. The number of aryl methyl sites for hydroxylation is 3. The van der Waals surface area contributed by atoms with Crippen molar-refractivity contribution in [2.24, 2.45) is 0 Å². The highest BCUT2D eigenvalue weighted by molar-refractivity contribution is 5.95. The van der Waals surface area contributed by atoms with E-state index >= 15 is 0 Å². The zero-order valence-electron chi connectivity index (χ0n) is 16.6. The number of anilines is 2. The minimum absolute atomic E-state index is 0.110. The van der Waals surface area contributed by atoms with Gasteiger partial charge in [-0.15, -0.1) is 0 Å². The molecule has 0 spiro atoms. The molecule has 5 heteroatoms. The van der Waals surface area contributed by atoms with Crippen LogP contribution in [0.2, 0.25) is 0 Å². The summed E-state index contributed by atoms with van der Waals surface area (Å²) in [5.41, 5.74) is 4.76. The van der Waals surface area contributed by atoms with Crippen molar-refractivity contribution in [2.45, 2.75) is 34.1 Å². The molecule has 0 atom stereocenters. The molecule has 27 heavy (non-hydrogen) atoms. The van der Waals surface area contributed by atoms with Crippen LogP contribution < -0.4 is 10.6 Å². The molecule has 0 heterocycles. The predicted molar refractivity (Wildman–Crippen MR) is 111 cm³/mol. The van der Waals surface area contributed by atoms with Crippen LogP contribution in [-0.2, 0) is 9.59 Å². The molecule has 0 aliphatic heterocycles. The van der Waals surface area contributed by atoms with Crippen molar-refractivity contribution in [3.05, 3.63) is 59.2 Å². The minimum atomic E-state index is -0.114. The van der Waals surface area contributed by atoms with Gasteiger partial charge in [0.2, 0.25) is 11.8 Å². The Bertz CT molecular complexity index is 802. The van der Waals surface area contributed by atoms with Gasteiger partial charge >= 0.3 is 0 Å². The van der Waals surface area contributed by atoms with E-state index in [2.05, 4.69) is 10.6 Å². The molecule has 2 rings (SSSR count). The highest BCUT2D eigenvalue weighted by Gasteiger charge is 2.15. The lowest BCUT2D eigenvalue weighted by molar-refractivity contribution is -0.120. The Morgan fingerprint density at radius 1 is 0.852 bits per heavy atom. The van der Waals surface area contributed by atoms with Gasteiger partial charge in [0.15, 0.2) is 0 Å². The summed E-state index contributed by atoms with van der Waals surface area (Å²) in [6.45, 7) is 9.00. The number of carbonyl (C=O) groups is 2. The van der Waals surface area contributed by atoms with Gasteiger partial charge in [0.25, 0.3) is 0 Å². The monoisotopic (exact) mass is 367 g/mol. The van der Waals surface area contributed by atoms with Gasteiger partial charge in [-0.3, -0.25) is 14.5 Å². The van der Waals surface area contributed by atoms with Gasteiger partial charge in [-0.1, -0.05) is 37.3 Å². The molecule has 2 aromatic rings. The zero-order valence-corrected chi connectivity index (χ0v) is 16.6. The largest absolute Gasteiger partial charge is 0.325 e. The first kappa shape index (κ1) is 20.6. The van der Waals surface area contributed by atoms with Crippen LogP contribution in [0, 0.1) is 20.8 Å². The number of carbonyl (C=O) groups excluding carboxylic acids is 2. The summed E-state index contributed by atoms with van der Waals surface area (Å²) in [4.78, 5) is 26.7. The molecule has 0 unspecified atom stereocenters. The first-order valence-corrected chi connectivity index (χ1v) is 9.34. The molecular formula is C22H29N3O2. The number of hydrogen-bond donors (Lipinski definition) is 2. The van der Waals surface area contributed by atoms with E-state index in [9.17, 15) is 9.59 Å². The summed E-state index contributed by atoms with van der Waals surface area (Å²) >= 11 is 0. The van der Waals surface area contributed by atoms with Crippen LogP contribution in [0.15, 0.2) is 42.5 Å². The summed E-state index contributed by atoms with van der Waals surface area (Å²) in [5.74, 6) is -0.224. The van der Waals surface area contributed by atoms with Crippen molar-refractivity contribution in [3.63, 3.8) is 0 Å². The van der Waals surface area contributed by atoms with E-state index in [4.69, 9.17) is 0 Å². The van der Waals surface area contributed by atoms with Crippen molar-refractivity contribution in [1.29, 1.82) is 0 Å². The van der Waals surface area contributed by atoms with E-state index in [-0.39, 0.29) is 24.9 Å². The van der Waals surface area contributed by atoms with Crippen molar-refractivity contribution < 1.29 is 9.59 Å². The average molecular weight is 367 g/mol. The summed E-state index contributed by atoms with van der Waals surface area (Å²) in [6, 6.07) is 13.6. The lowest BCUT2D eigenvalue weighted by Crippen LogP contribution is -2.39. The Morgan fingerprint density at radius 2 is 1.44 bits per heavy atom. The van der Waals surface area contributed by atoms with Crippen LogP contribution in [0.5, 0.6) is 0 Å². The lowest BCUT2D eigenvalue weighted by atomic mass is 10.1. The minimum Gasteiger partial charge on any atom is -0.325 e. The summed E-state index contributed by atoms with van der Waals surface area (Å²) < 4.78 is 0. The van der Waals surface area contributed by atoms with Gasteiger partial charge in [-0.05, 0) is 62.6 Å². The first-order chi connectivity index (χ1) is 12.9. The molecule has 0 saturated carbocycles. The van der Waals surface area contributed by atoms with E-state index in [1.165, 1.54) is 0 Å². The molecule has 0 aromatic heterocycles. The highest BCUT2D eigenvalue weighted by Crippen LogP contribution is 2.16. The molecule has 0 radical (unpaired) electrons. The van der Waals surface area contributed by atoms with Gasteiger partial charge in [-0.25, -0.2) is 0 Å². The predicted octanol–water partition coefficient (Wildman–Crippen LogP) is 3.90. The zero-order chi connectivity index (χ0) is 19.8. The van der Waals surface area contributed by atoms with Gasteiger partial charge in [0.1, 0.15) is 0 Å². The Hall–Kier alpha value is -2.66. The van der Waals surface area contributed by atoms with Crippen molar-refractivity contribution >= 4 is 23.2 Å². The smallest absolute Gasteiger partial charge is 0.238 e. The maximum absolute atomic E-state index is 12.5. The molecule has 144 valence electrons. The van der Waals surface area contributed by atoms with E-state index in [0.717, 1.165) is 34.5 Å². The van der Waals surface area contributed by atoms with Crippen LogP contribution in [0.25, 0.3) is 0 Å². The topological polar surface area (TPSA) is 61.4 Å². The molecule has 0 bridgehead atoms. The lowest BCUT2D eigenvalue weighted by Gasteiger charge is -2.21. The average Bonchev–Trinajstić information content (AvgIpc) is 2.60. The third-order valence-corrected chi connectivity index (χ3v) is 4.36. The van der Waals surface area contributed by atoms with Crippen LogP contribution >= 0.6 is 0 Å². The van der Waals surface area contributed by atoms with Gasteiger partial charge in [0.05, 0.1) is 13.1 Å². The number of nitrogens with one attached hydrogen (secondary N) is 2. The number of para-hydroxylation sites is 1. The maximum Gasteiger partial charge on any atom is 0.238 e. The number of benzene rings is 2. The summed E-state index contributed by atoms with van der Waals surface area (Å²) in [6.07, 6.45) is 0.869. The van der Waals surface area contributed by atoms with Gasteiger partial charge < -0.3 is 10.6 Å². The Morgan fingerprint density at radius 3 is 2.07 bits per heavy atom. The van der Waals surface area contributed by atoms with Crippen LogP contribution in [-0.4, -0.2) is 36.3 Å². The van der Waals surface area contributed by atoms with Crippen LogP contribution in [0.1, 0.15) is 30.0 Å². The normalized spacial score (nSPS) is 10.7. The Kier molecular flexibility index (Phi) is 7.55. The number of amides is 2. The first-order valence-electron chi connectivity index (χ1n) is 9.34. The molecule has 0 saturated heterocycles. The fourth-order valence-corrected chi connectivity index (χ4v) is 2.90. The molecule has 2 amide bonds. The van der Waals surface area contributed by atoms with E-state index in [1.54, 1.807) is 0 Å². The van der Waals surface area contributed by atoms with Gasteiger partial charge in [0, 0.05) is 11.4 Å². The molecule has 5 nitrogen and oxygen atoms in total. The summed E-state index contributed by atoms with van der Waals surface area (Å²) in [7, 11) is 0. The third-order valence-electron chi connectivity index (χ3n) is 4.36. The van der Waals surface area contributed by atoms with Crippen molar-refractivity contribution in [1.82, 2.24) is 4.90 Å². The molecule has 2 aromatic carbocycles. The number of nitrogens with zero attached hydrogens (tertiary/aromatic N) is 1. The van der Waals surface area contributed by atoms with E-state index in [1.807, 2.05) is 75.1 Å². The maximum atomic E-state index is 12.5. The number of rotatable bonds is 8. The second-order valence-electron chi connectivity index (χ2n) is 6.94. The van der Waals surface area contributed by atoms with Crippen molar-refractivity contribution in [2.75, 3.05) is 30.3 Å². The molecule has 2 N–H and O–H groups in total. The SMILES string of the molecule is CCCN(CC(=O)Nc1ccccc1C)CC(=O)Nc1cc(C)ccc1C. The fourth-order valence-electron chi connectivity index (χ4n) is 2.90. The highest BCUT2D eigenvalue weighted by atomic mass is 16.2. The fraction of sp³-hybridized carbons (Fsp3) is 0.364. The number of hydrogen-bond acceptors (Lipinski definition) is 3. The Balaban J connectivity index is 1.95. The quantitative estimate of drug-likeness (QED) is 0.744. The molecule has 0 fully saturated rings. The Labute approximate surface area is 161 Å². The second-order valence-corrected chi connectivity index (χ2v) is 6.94. The van der Waals surface area contributed by atoms with E-state index in [0.29, 0.717) is 6.54 Å². The van der Waals surface area contributed by atoms with E-state index < -0.39 is 0 Å². The van der Waals surface area contributed by atoms with Gasteiger partial charge in [-0.2, -0.15) is 0 Å². The molecular weight excluding hydrogens is 338 g/mol. The van der Waals surface area contributed by atoms with Crippen molar-refractivity contribution in [3.8, 4) is 0 Å². The second kappa shape index (κ2) is 9.88. The van der Waals surface area contributed by atoms with Crippen LogP contribution in [0.3, 0.4) is 0 Å². The summed E-state index contributed by atoms with van der Waals surface area (Å²) in [5, 5.41) is 5.89. The van der Waals surface area contributed by atoms with Crippen LogP contribution in [0.4, 0.5) is 11.4 Å². The third kappa shape index (κ3) is 6.53. The standard InChI is InChI=1S/C22H29N3O2/c1-5-12-25(14-21(26)23-19-9-7-6-8-17(19)3)15-22(27)24-20-13-16(2)10-11-18(20)4/h6-11,13H,5,12,14-15H2,1-4H3,(H,23,26)(H,24,27).